The van der Waals surface area contributed by atoms with Crippen LogP contribution in [0.5, 0.6) is 0 Å². The average molecular weight is 345 g/mol. The van der Waals surface area contributed by atoms with Crippen molar-refractivity contribution in [2.75, 3.05) is 0 Å². The van der Waals surface area contributed by atoms with E-state index in [9.17, 15) is 0 Å². The summed E-state index contributed by atoms with van der Waals surface area (Å²) in [5, 5.41) is 0. The highest BCUT2D eigenvalue weighted by Gasteiger charge is 2.39. The molecule has 0 heterocycles. The lowest BCUT2D eigenvalue weighted by Gasteiger charge is -2.33. The molecule has 4 rings (SSSR count). The molecule has 0 spiro atoms. The van der Waals surface area contributed by atoms with Crippen LogP contribution >= 0.6 is 0 Å². The van der Waals surface area contributed by atoms with Crippen LogP contribution in [-0.4, -0.2) is 0 Å². The van der Waals surface area contributed by atoms with Gasteiger partial charge in [0.2, 0.25) is 0 Å². The minimum absolute atomic E-state index is 1.11. The van der Waals surface area contributed by atoms with Gasteiger partial charge in [-0.15, -0.1) is 0 Å². The average Bonchev–Trinajstić information content (AvgIpc) is 3.29. The van der Waals surface area contributed by atoms with E-state index >= 15 is 0 Å². The van der Waals surface area contributed by atoms with Crippen molar-refractivity contribution in [2.24, 2.45) is 35.5 Å². The highest BCUT2D eigenvalue weighted by molar-refractivity contribution is 4.90. The van der Waals surface area contributed by atoms with E-state index in [1.54, 1.807) is 70.6 Å². The van der Waals surface area contributed by atoms with Gasteiger partial charge < -0.3 is 0 Å². The molecule has 2 unspecified atom stereocenters. The summed E-state index contributed by atoms with van der Waals surface area (Å²) >= 11 is 0. The smallest absolute Gasteiger partial charge is 0.0355 e. The predicted molar refractivity (Wildman–Crippen MR) is 109 cm³/mol. The third-order valence-corrected chi connectivity index (χ3v) is 8.92. The standard InChI is InChI=1S/C25H44/c1-3-9-20(10-4-1)17-23-15-16-24(18-21-11-5-2-6-12-21)25(23)19-22-13-7-8-14-22/h20-25H,1-19H2. The molecule has 0 nitrogen and oxygen atoms in total. The van der Waals surface area contributed by atoms with Gasteiger partial charge in [0.15, 0.2) is 0 Å². The summed E-state index contributed by atoms with van der Waals surface area (Å²) in [5.41, 5.74) is 0. The Balaban J connectivity index is 1.36. The zero-order valence-corrected chi connectivity index (χ0v) is 16.9. The van der Waals surface area contributed by atoms with Crippen LogP contribution < -0.4 is 0 Å². The summed E-state index contributed by atoms with van der Waals surface area (Å²) in [7, 11) is 0. The molecule has 0 radical (unpaired) electrons. The SMILES string of the molecule is C1CCC(CC2CCC(CC3CCCCC3)C2CC2CCCC2)CC1. The van der Waals surface area contributed by atoms with Gasteiger partial charge in [-0.1, -0.05) is 89.9 Å². The minimum Gasteiger partial charge on any atom is -0.0533 e. The summed E-state index contributed by atoms with van der Waals surface area (Å²) in [6.45, 7) is 0. The van der Waals surface area contributed by atoms with E-state index in [1.807, 2.05) is 0 Å². The van der Waals surface area contributed by atoms with Crippen molar-refractivity contribution in [1.29, 1.82) is 0 Å². The van der Waals surface area contributed by atoms with Crippen molar-refractivity contribution in [3.8, 4) is 0 Å². The van der Waals surface area contributed by atoms with Crippen molar-refractivity contribution < 1.29 is 0 Å². The Hall–Kier alpha value is 0. The summed E-state index contributed by atoms with van der Waals surface area (Å²) in [4.78, 5) is 0. The highest BCUT2D eigenvalue weighted by atomic mass is 14.4. The number of hydrogen-bond acceptors (Lipinski definition) is 0. The fourth-order valence-electron chi connectivity index (χ4n) is 7.54. The molecule has 4 aliphatic carbocycles. The molecule has 2 atom stereocenters. The van der Waals surface area contributed by atoms with Gasteiger partial charge >= 0.3 is 0 Å². The summed E-state index contributed by atoms with van der Waals surface area (Å²) < 4.78 is 0. The summed E-state index contributed by atoms with van der Waals surface area (Å²) in [6.07, 6.45) is 29.8. The van der Waals surface area contributed by atoms with Crippen LogP contribution in [0.3, 0.4) is 0 Å². The first-order chi connectivity index (χ1) is 12.4. The maximum Gasteiger partial charge on any atom is -0.0355 e. The van der Waals surface area contributed by atoms with Gasteiger partial charge in [-0.3, -0.25) is 0 Å². The quantitative estimate of drug-likeness (QED) is 0.456. The maximum absolute atomic E-state index is 1.63. The first-order valence-corrected chi connectivity index (χ1v) is 12.4. The molecule has 4 saturated carbocycles. The van der Waals surface area contributed by atoms with Gasteiger partial charge in [-0.25, -0.2) is 0 Å². The van der Waals surface area contributed by atoms with E-state index in [0.29, 0.717) is 0 Å². The van der Waals surface area contributed by atoms with Crippen LogP contribution in [0.4, 0.5) is 0 Å². The first-order valence-electron chi connectivity index (χ1n) is 12.4. The maximum atomic E-state index is 1.63. The van der Waals surface area contributed by atoms with Gasteiger partial charge in [0.25, 0.3) is 0 Å². The van der Waals surface area contributed by atoms with Crippen LogP contribution in [-0.2, 0) is 0 Å². The summed E-state index contributed by atoms with van der Waals surface area (Å²) in [6, 6.07) is 0. The van der Waals surface area contributed by atoms with Gasteiger partial charge in [0.1, 0.15) is 0 Å². The second-order valence-electron chi connectivity index (χ2n) is 10.6. The van der Waals surface area contributed by atoms with Crippen molar-refractivity contribution in [3.05, 3.63) is 0 Å². The molecule has 0 aromatic rings. The third kappa shape index (κ3) is 5.04. The Morgan fingerprint density at radius 1 is 0.360 bits per heavy atom. The van der Waals surface area contributed by atoms with E-state index in [1.165, 1.54) is 51.4 Å². The zero-order valence-electron chi connectivity index (χ0n) is 16.9. The number of rotatable bonds is 6. The van der Waals surface area contributed by atoms with E-state index in [2.05, 4.69) is 0 Å². The largest absolute Gasteiger partial charge is 0.0533 e. The normalized spacial score (nSPS) is 36.2. The molecular weight excluding hydrogens is 300 g/mol. The van der Waals surface area contributed by atoms with Gasteiger partial charge in [-0.05, 0) is 67.6 Å². The van der Waals surface area contributed by atoms with Gasteiger partial charge in [0, 0.05) is 0 Å². The highest BCUT2D eigenvalue weighted by Crippen LogP contribution is 2.50. The Bertz CT molecular complexity index is 339. The van der Waals surface area contributed by atoms with Crippen LogP contribution in [0.2, 0.25) is 0 Å². The van der Waals surface area contributed by atoms with Crippen LogP contribution in [0.1, 0.15) is 122 Å². The lowest BCUT2D eigenvalue weighted by Crippen LogP contribution is -2.23. The van der Waals surface area contributed by atoms with Crippen LogP contribution in [0, 0.1) is 35.5 Å². The van der Waals surface area contributed by atoms with Crippen LogP contribution in [0.25, 0.3) is 0 Å². The lowest BCUT2D eigenvalue weighted by molar-refractivity contribution is 0.173. The first kappa shape index (κ1) is 18.4. The monoisotopic (exact) mass is 344 g/mol. The van der Waals surface area contributed by atoms with Gasteiger partial charge in [0.05, 0.1) is 0 Å². The van der Waals surface area contributed by atoms with Gasteiger partial charge in [-0.2, -0.15) is 0 Å². The van der Waals surface area contributed by atoms with E-state index in [4.69, 9.17) is 0 Å². The molecule has 4 fully saturated rings. The molecule has 0 amide bonds. The van der Waals surface area contributed by atoms with Crippen molar-refractivity contribution in [2.45, 2.75) is 122 Å². The molecule has 0 aromatic heterocycles. The molecule has 144 valence electrons. The fourth-order valence-corrected chi connectivity index (χ4v) is 7.54. The van der Waals surface area contributed by atoms with Crippen LogP contribution in [0.15, 0.2) is 0 Å². The van der Waals surface area contributed by atoms with E-state index < -0.39 is 0 Å². The molecular formula is C25H44. The summed E-state index contributed by atoms with van der Waals surface area (Å²) in [5.74, 6) is 6.71. The molecule has 0 aromatic carbocycles. The Morgan fingerprint density at radius 2 is 0.720 bits per heavy atom. The Kier molecular flexibility index (Phi) is 6.81. The molecule has 0 saturated heterocycles. The minimum atomic E-state index is 1.11. The molecule has 0 bridgehead atoms. The second-order valence-corrected chi connectivity index (χ2v) is 10.6. The van der Waals surface area contributed by atoms with E-state index in [-0.39, 0.29) is 0 Å². The Morgan fingerprint density at radius 3 is 1.16 bits per heavy atom. The molecule has 4 aliphatic rings. The fraction of sp³-hybridized carbons (Fsp3) is 1.00. The zero-order chi connectivity index (χ0) is 16.9. The van der Waals surface area contributed by atoms with Crippen molar-refractivity contribution in [3.63, 3.8) is 0 Å². The van der Waals surface area contributed by atoms with Crippen molar-refractivity contribution in [1.82, 2.24) is 0 Å². The molecule has 0 heteroatoms. The lowest BCUT2D eigenvalue weighted by atomic mass is 9.72. The van der Waals surface area contributed by atoms with E-state index in [0.717, 1.165) is 35.5 Å². The second kappa shape index (κ2) is 9.27. The molecule has 0 N–H and O–H groups in total. The topological polar surface area (TPSA) is 0 Å². The Labute approximate surface area is 157 Å². The van der Waals surface area contributed by atoms with Crippen molar-refractivity contribution >= 4 is 0 Å². The molecule has 0 aliphatic heterocycles. The number of hydrogen-bond donors (Lipinski definition) is 0. The predicted octanol–water partition coefficient (Wildman–Crippen LogP) is 8.15. The molecule has 25 heavy (non-hydrogen) atoms. The third-order valence-electron chi connectivity index (χ3n) is 8.92.